The van der Waals surface area contributed by atoms with Crippen LogP contribution in [0.3, 0.4) is 0 Å². The molecule has 21 heavy (non-hydrogen) atoms. The summed E-state index contributed by atoms with van der Waals surface area (Å²) in [6, 6.07) is 7.75. The SMILES string of the molecule is CCOC(CNC(=O)NCCc1ccccc1Br)OCC. The molecule has 2 amide bonds. The van der Waals surface area contributed by atoms with Crippen molar-refractivity contribution in [2.45, 2.75) is 26.6 Å². The molecule has 0 radical (unpaired) electrons. The van der Waals surface area contributed by atoms with E-state index in [1.165, 1.54) is 5.56 Å². The van der Waals surface area contributed by atoms with Crippen molar-refractivity contribution in [2.24, 2.45) is 0 Å². The van der Waals surface area contributed by atoms with Crippen LogP contribution in [0.1, 0.15) is 19.4 Å². The highest BCUT2D eigenvalue weighted by molar-refractivity contribution is 9.10. The van der Waals surface area contributed by atoms with Gasteiger partial charge in [-0.1, -0.05) is 34.1 Å². The number of rotatable bonds is 9. The lowest BCUT2D eigenvalue weighted by molar-refractivity contribution is -0.131. The second-order valence-electron chi connectivity index (χ2n) is 4.32. The van der Waals surface area contributed by atoms with Gasteiger partial charge in [-0.25, -0.2) is 4.79 Å². The van der Waals surface area contributed by atoms with Crippen molar-refractivity contribution in [3.8, 4) is 0 Å². The Kier molecular flexibility index (Phi) is 9.05. The summed E-state index contributed by atoms with van der Waals surface area (Å²) < 4.78 is 11.8. The van der Waals surface area contributed by atoms with Gasteiger partial charge in [0, 0.05) is 24.2 Å². The molecule has 0 aliphatic carbocycles. The van der Waals surface area contributed by atoms with E-state index in [-0.39, 0.29) is 6.03 Å². The van der Waals surface area contributed by atoms with Crippen LogP contribution in [0.4, 0.5) is 4.79 Å². The molecule has 118 valence electrons. The highest BCUT2D eigenvalue weighted by Gasteiger charge is 2.09. The Balaban J connectivity index is 2.23. The van der Waals surface area contributed by atoms with Crippen LogP contribution in [0.25, 0.3) is 0 Å². The molecule has 1 rings (SSSR count). The fourth-order valence-electron chi connectivity index (χ4n) is 1.79. The lowest BCUT2D eigenvalue weighted by atomic mass is 10.1. The van der Waals surface area contributed by atoms with E-state index in [1.54, 1.807) is 0 Å². The quantitative estimate of drug-likeness (QED) is 0.667. The summed E-state index contributed by atoms with van der Waals surface area (Å²) in [5.74, 6) is 0. The van der Waals surface area contributed by atoms with Gasteiger partial charge in [-0.2, -0.15) is 0 Å². The standard InChI is InChI=1S/C15H23BrN2O3/c1-3-20-14(21-4-2)11-18-15(19)17-10-9-12-7-5-6-8-13(12)16/h5-8,14H,3-4,9-11H2,1-2H3,(H2,17,18,19). The molecule has 2 N–H and O–H groups in total. The highest BCUT2D eigenvalue weighted by Crippen LogP contribution is 2.15. The molecule has 0 aliphatic heterocycles. The van der Waals surface area contributed by atoms with Crippen molar-refractivity contribution < 1.29 is 14.3 Å². The molecule has 0 bridgehead atoms. The number of halogens is 1. The van der Waals surface area contributed by atoms with Gasteiger partial charge >= 0.3 is 6.03 Å². The molecule has 0 saturated carbocycles. The third-order valence-electron chi connectivity index (χ3n) is 2.77. The average Bonchev–Trinajstić information content (AvgIpc) is 2.47. The molecule has 0 atom stereocenters. The van der Waals surface area contributed by atoms with Crippen LogP contribution < -0.4 is 10.6 Å². The molecule has 1 aromatic rings. The van der Waals surface area contributed by atoms with E-state index in [1.807, 2.05) is 38.1 Å². The number of carbonyl (C=O) groups excluding carboxylic acids is 1. The maximum absolute atomic E-state index is 11.7. The molecule has 0 unspecified atom stereocenters. The van der Waals surface area contributed by atoms with Crippen LogP contribution in [-0.4, -0.2) is 38.6 Å². The first-order valence-electron chi connectivity index (χ1n) is 7.15. The average molecular weight is 359 g/mol. The van der Waals surface area contributed by atoms with Crippen LogP contribution in [0.2, 0.25) is 0 Å². The molecule has 0 aliphatic rings. The van der Waals surface area contributed by atoms with Crippen LogP contribution in [-0.2, 0) is 15.9 Å². The minimum Gasteiger partial charge on any atom is -0.351 e. The largest absolute Gasteiger partial charge is 0.351 e. The Labute approximate surface area is 134 Å². The van der Waals surface area contributed by atoms with E-state index < -0.39 is 6.29 Å². The Morgan fingerprint density at radius 3 is 2.48 bits per heavy atom. The van der Waals surface area contributed by atoms with Gasteiger partial charge in [-0.3, -0.25) is 0 Å². The van der Waals surface area contributed by atoms with Gasteiger partial charge < -0.3 is 20.1 Å². The molecule has 5 nitrogen and oxygen atoms in total. The second-order valence-corrected chi connectivity index (χ2v) is 5.17. The van der Waals surface area contributed by atoms with E-state index in [2.05, 4.69) is 26.6 Å². The Morgan fingerprint density at radius 1 is 1.19 bits per heavy atom. The summed E-state index contributed by atoms with van der Waals surface area (Å²) in [6.45, 7) is 5.80. The second kappa shape index (κ2) is 10.6. The smallest absolute Gasteiger partial charge is 0.314 e. The topological polar surface area (TPSA) is 59.6 Å². The number of hydrogen-bond acceptors (Lipinski definition) is 3. The molecule has 0 heterocycles. The highest BCUT2D eigenvalue weighted by atomic mass is 79.9. The van der Waals surface area contributed by atoms with Gasteiger partial charge in [-0.15, -0.1) is 0 Å². The first-order chi connectivity index (χ1) is 10.2. The van der Waals surface area contributed by atoms with Crippen molar-refractivity contribution in [2.75, 3.05) is 26.3 Å². The van der Waals surface area contributed by atoms with E-state index >= 15 is 0 Å². The summed E-state index contributed by atoms with van der Waals surface area (Å²) in [7, 11) is 0. The Hall–Kier alpha value is -1.11. The summed E-state index contributed by atoms with van der Waals surface area (Å²) in [5, 5.41) is 5.56. The zero-order valence-corrected chi connectivity index (χ0v) is 14.1. The van der Waals surface area contributed by atoms with E-state index in [4.69, 9.17) is 9.47 Å². The van der Waals surface area contributed by atoms with Gasteiger partial charge in [0.2, 0.25) is 0 Å². The molecular weight excluding hydrogens is 336 g/mol. The molecule has 0 fully saturated rings. The fraction of sp³-hybridized carbons (Fsp3) is 0.533. The number of urea groups is 1. The van der Waals surface area contributed by atoms with Crippen molar-refractivity contribution in [3.63, 3.8) is 0 Å². The van der Waals surface area contributed by atoms with Gasteiger partial charge in [0.15, 0.2) is 6.29 Å². The van der Waals surface area contributed by atoms with Crippen molar-refractivity contribution in [1.82, 2.24) is 10.6 Å². The summed E-state index contributed by atoms with van der Waals surface area (Å²) >= 11 is 3.49. The Morgan fingerprint density at radius 2 is 1.86 bits per heavy atom. The summed E-state index contributed by atoms with van der Waals surface area (Å²) in [4.78, 5) is 11.7. The maximum atomic E-state index is 11.7. The van der Waals surface area contributed by atoms with E-state index in [0.29, 0.717) is 26.3 Å². The van der Waals surface area contributed by atoms with Crippen LogP contribution >= 0.6 is 15.9 Å². The number of nitrogens with one attached hydrogen (secondary N) is 2. The van der Waals surface area contributed by atoms with Crippen LogP contribution in [0, 0.1) is 0 Å². The molecule has 0 saturated heterocycles. The molecule has 0 aromatic heterocycles. The monoisotopic (exact) mass is 358 g/mol. The lowest BCUT2D eigenvalue weighted by Gasteiger charge is -2.17. The predicted molar refractivity (Wildman–Crippen MR) is 86.3 cm³/mol. The minimum absolute atomic E-state index is 0.216. The van der Waals surface area contributed by atoms with Crippen molar-refractivity contribution >= 4 is 22.0 Å². The van der Waals surface area contributed by atoms with Gasteiger partial charge in [0.05, 0.1) is 6.54 Å². The third kappa shape index (κ3) is 7.45. The van der Waals surface area contributed by atoms with Crippen LogP contribution in [0.5, 0.6) is 0 Å². The number of amides is 2. The molecular formula is C15H23BrN2O3. The first kappa shape index (κ1) is 17.9. The van der Waals surface area contributed by atoms with E-state index in [9.17, 15) is 4.79 Å². The van der Waals surface area contributed by atoms with Gasteiger partial charge in [-0.05, 0) is 31.9 Å². The molecule has 0 spiro atoms. The zero-order valence-electron chi connectivity index (χ0n) is 12.5. The normalized spacial score (nSPS) is 10.7. The number of benzene rings is 1. The van der Waals surface area contributed by atoms with Gasteiger partial charge in [0.25, 0.3) is 0 Å². The summed E-state index contributed by atoms with van der Waals surface area (Å²) in [5.41, 5.74) is 1.17. The third-order valence-corrected chi connectivity index (χ3v) is 3.55. The zero-order chi connectivity index (χ0) is 15.5. The van der Waals surface area contributed by atoms with Crippen molar-refractivity contribution in [1.29, 1.82) is 0 Å². The first-order valence-corrected chi connectivity index (χ1v) is 7.95. The maximum Gasteiger partial charge on any atom is 0.314 e. The lowest BCUT2D eigenvalue weighted by Crippen LogP contribution is -2.42. The number of hydrogen-bond donors (Lipinski definition) is 2. The number of ether oxygens (including phenoxy) is 2. The Bertz CT molecular complexity index is 423. The summed E-state index contributed by atoms with van der Waals surface area (Å²) in [6.07, 6.45) is 0.379. The number of carbonyl (C=O) groups is 1. The van der Waals surface area contributed by atoms with Gasteiger partial charge in [0.1, 0.15) is 0 Å². The molecule has 6 heteroatoms. The molecule has 1 aromatic carbocycles. The van der Waals surface area contributed by atoms with Crippen LogP contribution in [0.15, 0.2) is 28.7 Å². The van der Waals surface area contributed by atoms with E-state index in [0.717, 1.165) is 10.9 Å². The minimum atomic E-state index is -0.394. The van der Waals surface area contributed by atoms with Crippen molar-refractivity contribution in [3.05, 3.63) is 34.3 Å². The predicted octanol–water partition coefficient (Wildman–Crippen LogP) is 2.69. The fourth-order valence-corrected chi connectivity index (χ4v) is 2.27.